The first-order chi connectivity index (χ1) is 8.36. The summed E-state index contributed by atoms with van der Waals surface area (Å²) in [7, 11) is 0. The molecule has 0 bridgehead atoms. The minimum absolute atomic E-state index is 0.210. The summed E-state index contributed by atoms with van der Waals surface area (Å²) in [5, 5.41) is 0. The molecule has 1 amide bonds. The highest BCUT2D eigenvalue weighted by molar-refractivity contribution is 9.10. The van der Waals surface area contributed by atoms with Gasteiger partial charge in [0.15, 0.2) is 0 Å². The van der Waals surface area contributed by atoms with Gasteiger partial charge in [-0.2, -0.15) is 0 Å². The van der Waals surface area contributed by atoms with Gasteiger partial charge in [0.05, 0.1) is 0 Å². The van der Waals surface area contributed by atoms with Gasteiger partial charge in [-0.05, 0) is 29.0 Å². The van der Waals surface area contributed by atoms with Crippen molar-refractivity contribution in [1.29, 1.82) is 0 Å². The van der Waals surface area contributed by atoms with E-state index in [9.17, 15) is 4.79 Å². The van der Waals surface area contributed by atoms with Crippen LogP contribution in [0.3, 0.4) is 0 Å². The zero-order chi connectivity index (χ0) is 13.3. The first-order valence-electron chi connectivity index (χ1n) is 6.38. The molecule has 3 heteroatoms. The fourth-order valence-electron chi connectivity index (χ4n) is 2.36. The van der Waals surface area contributed by atoms with Gasteiger partial charge in [-0.25, -0.2) is 0 Å². The number of carbonyl (C=O) groups excluding carboxylic acids is 1. The highest BCUT2D eigenvalue weighted by Crippen LogP contribution is 2.34. The molecule has 98 valence electrons. The smallest absolute Gasteiger partial charge is 0.223 e. The summed E-state index contributed by atoms with van der Waals surface area (Å²) >= 11 is 3.47. The van der Waals surface area contributed by atoms with Gasteiger partial charge in [-0.1, -0.05) is 48.8 Å². The number of carbonyl (C=O) groups is 1. The summed E-state index contributed by atoms with van der Waals surface area (Å²) in [4.78, 5) is 14.0. The van der Waals surface area contributed by atoms with Crippen LogP contribution in [0.1, 0.15) is 32.8 Å². The maximum absolute atomic E-state index is 12.0. The molecule has 0 N–H and O–H groups in total. The highest BCUT2D eigenvalue weighted by atomic mass is 79.9. The van der Waals surface area contributed by atoms with Crippen molar-refractivity contribution in [3.63, 3.8) is 0 Å². The fraction of sp³-hybridized carbons (Fsp3) is 0.533. The molecule has 1 heterocycles. The van der Waals surface area contributed by atoms with Crippen LogP contribution < -0.4 is 0 Å². The Labute approximate surface area is 117 Å². The lowest BCUT2D eigenvalue weighted by atomic mass is 9.80. The van der Waals surface area contributed by atoms with Gasteiger partial charge in [0.25, 0.3) is 0 Å². The average Bonchev–Trinajstić information content (AvgIpc) is 2.60. The number of amides is 1. The van der Waals surface area contributed by atoms with Crippen LogP contribution in [0.15, 0.2) is 28.7 Å². The average molecular weight is 310 g/mol. The Morgan fingerprint density at radius 3 is 2.67 bits per heavy atom. The third kappa shape index (κ3) is 3.14. The Morgan fingerprint density at radius 2 is 2.11 bits per heavy atom. The van der Waals surface area contributed by atoms with Crippen molar-refractivity contribution < 1.29 is 4.79 Å². The largest absolute Gasteiger partial charge is 0.338 e. The van der Waals surface area contributed by atoms with Crippen LogP contribution in [0, 0.1) is 11.3 Å². The van der Waals surface area contributed by atoms with E-state index in [4.69, 9.17) is 0 Å². The topological polar surface area (TPSA) is 20.3 Å². The summed E-state index contributed by atoms with van der Waals surface area (Å²) in [6.45, 7) is 8.26. The molecule has 1 saturated heterocycles. The number of benzene rings is 1. The predicted molar refractivity (Wildman–Crippen MR) is 77.1 cm³/mol. The minimum atomic E-state index is 0.210. The number of likely N-dealkylation sites (tertiary alicyclic amines) is 1. The lowest BCUT2D eigenvalue weighted by Crippen LogP contribution is -2.27. The van der Waals surface area contributed by atoms with E-state index in [1.54, 1.807) is 0 Å². The SMILES string of the molecule is CC(C)(C)C1CC(=O)N(Cc2cccc(Br)c2)C1. The number of halogens is 1. The maximum Gasteiger partial charge on any atom is 0.223 e. The molecular formula is C15H20BrNO. The van der Waals surface area contributed by atoms with E-state index in [1.165, 1.54) is 5.56 Å². The normalized spacial score (nSPS) is 20.6. The van der Waals surface area contributed by atoms with E-state index in [-0.39, 0.29) is 11.3 Å². The third-order valence-electron chi connectivity index (χ3n) is 3.70. The summed E-state index contributed by atoms with van der Waals surface area (Å²) in [5.41, 5.74) is 1.40. The Hall–Kier alpha value is -0.830. The van der Waals surface area contributed by atoms with Gasteiger partial charge in [0.1, 0.15) is 0 Å². The van der Waals surface area contributed by atoms with Gasteiger partial charge in [-0.3, -0.25) is 4.79 Å². The van der Waals surface area contributed by atoms with E-state index < -0.39 is 0 Å². The number of nitrogens with zero attached hydrogens (tertiary/aromatic N) is 1. The standard InChI is InChI=1S/C15H20BrNO/c1-15(2,3)12-8-14(18)17(10-12)9-11-5-4-6-13(16)7-11/h4-7,12H,8-10H2,1-3H3. The molecule has 1 aliphatic rings. The van der Waals surface area contributed by atoms with Crippen LogP contribution >= 0.6 is 15.9 Å². The van der Waals surface area contributed by atoms with Crippen molar-refractivity contribution in [3.05, 3.63) is 34.3 Å². The Bertz CT molecular complexity index is 450. The molecule has 1 unspecified atom stereocenters. The van der Waals surface area contributed by atoms with Crippen molar-refractivity contribution in [1.82, 2.24) is 4.90 Å². The number of hydrogen-bond donors (Lipinski definition) is 0. The Balaban J connectivity index is 2.05. The molecular weight excluding hydrogens is 290 g/mol. The molecule has 1 fully saturated rings. The first kappa shape index (κ1) is 13.6. The lowest BCUT2D eigenvalue weighted by Gasteiger charge is -2.26. The fourth-order valence-corrected chi connectivity index (χ4v) is 2.81. The molecule has 0 radical (unpaired) electrons. The van der Waals surface area contributed by atoms with Crippen molar-refractivity contribution in [2.24, 2.45) is 11.3 Å². The molecule has 0 spiro atoms. The van der Waals surface area contributed by atoms with Crippen LogP contribution in [-0.2, 0) is 11.3 Å². The molecule has 2 rings (SSSR count). The van der Waals surface area contributed by atoms with Crippen LogP contribution in [0.4, 0.5) is 0 Å². The number of hydrogen-bond acceptors (Lipinski definition) is 1. The quantitative estimate of drug-likeness (QED) is 0.812. The molecule has 2 nitrogen and oxygen atoms in total. The maximum atomic E-state index is 12.0. The second-order valence-electron chi connectivity index (χ2n) is 6.17. The monoisotopic (exact) mass is 309 g/mol. The predicted octanol–water partition coefficient (Wildman–Crippen LogP) is 3.84. The van der Waals surface area contributed by atoms with Crippen LogP contribution in [0.25, 0.3) is 0 Å². The number of rotatable bonds is 2. The van der Waals surface area contributed by atoms with E-state index in [0.717, 1.165) is 17.6 Å². The molecule has 0 aromatic heterocycles. The molecule has 0 aliphatic carbocycles. The van der Waals surface area contributed by atoms with Gasteiger partial charge in [-0.15, -0.1) is 0 Å². The minimum Gasteiger partial charge on any atom is -0.338 e. The van der Waals surface area contributed by atoms with Crippen LogP contribution in [0.2, 0.25) is 0 Å². The van der Waals surface area contributed by atoms with Gasteiger partial charge in [0.2, 0.25) is 5.91 Å². The second-order valence-corrected chi connectivity index (χ2v) is 7.09. The Morgan fingerprint density at radius 1 is 1.39 bits per heavy atom. The van der Waals surface area contributed by atoms with Crippen molar-refractivity contribution in [2.45, 2.75) is 33.7 Å². The summed E-state index contributed by atoms with van der Waals surface area (Å²) in [5.74, 6) is 0.757. The molecule has 1 aromatic rings. The lowest BCUT2D eigenvalue weighted by molar-refractivity contribution is -0.128. The van der Waals surface area contributed by atoms with Crippen LogP contribution in [-0.4, -0.2) is 17.4 Å². The summed E-state index contributed by atoms with van der Waals surface area (Å²) in [6, 6.07) is 8.18. The molecule has 18 heavy (non-hydrogen) atoms. The third-order valence-corrected chi connectivity index (χ3v) is 4.19. The second kappa shape index (κ2) is 5.04. The highest BCUT2D eigenvalue weighted by Gasteiger charge is 2.36. The summed E-state index contributed by atoms with van der Waals surface area (Å²) < 4.78 is 1.07. The summed E-state index contributed by atoms with van der Waals surface area (Å²) in [6.07, 6.45) is 0.692. The zero-order valence-electron chi connectivity index (χ0n) is 11.2. The van der Waals surface area contributed by atoms with Crippen LogP contribution in [0.5, 0.6) is 0 Å². The van der Waals surface area contributed by atoms with Crippen molar-refractivity contribution in [3.8, 4) is 0 Å². The van der Waals surface area contributed by atoms with Gasteiger partial charge >= 0.3 is 0 Å². The molecule has 1 atom stereocenters. The van der Waals surface area contributed by atoms with E-state index in [1.807, 2.05) is 17.0 Å². The van der Waals surface area contributed by atoms with E-state index in [0.29, 0.717) is 12.3 Å². The van der Waals surface area contributed by atoms with E-state index in [2.05, 4.69) is 48.8 Å². The van der Waals surface area contributed by atoms with Gasteiger partial charge < -0.3 is 4.90 Å². The first-order valence-corrected chi connectivity index (χ1v) is 7.18. The molecule has 0 saturated carbocycles. The molecule has 1 aliphatic heterocycles. The Kier molecular flexibility index (Phi) is 3.81. The van der Waals surface area contributed by atoms with Gasteiger partial charge in [0, 0.05) is 24.0 Å². The van der Waals surface area contributed by atoms with Crippen molar-refractivity contribution >= 4 is 21.8 Å². The van der Waals surface area contributed by atoms with Crippen molar-refractivity contribution in [2.75, 3.05) is 6.54 Å². The van der Waals surface area contributed by atoms with E-state index >= 15 is 0 Å². The zero-order valence-corrected chi connectivity index (χ0v) is 12.8. The molecule has 1 aromatic carbocycles.